The van der Waals surface area contributed by atoms with Crippen LogP contribution >= 0.6 is 0 Å². The number of carbonyl (C=O) groups excluding carboxylic acids is 2. The number of nitrogens with one attached hydrogen (secondary N) is 1. The van der Waals surface area contributed by atoms with Crippen LogP contribution in [-0.2, 0) is 19.7 Å². The van der Waals surface area contributed by atoms with E-state index >= 15 is 0 Å². The van der Waals surface area contributed by atoms with Crippen molar-refractivity contribution >= 4 is 17.5 Å². The molecule has 1 saturated heterocycles. The summed E-state index contributed by atoms with van der Waals surface area (Å²) in [6, 6.07) is 7.89. The Morgan fingerprint density at radius 1 is 1.08 bits per heavy atom. The van der Waals surface area contributed by atoms with Crippen LogP contribution in [0.4, 0.5) is 5.69 Å². The highest BCUT2D eigenvalue weighted by atomic mass is 16.5. The second-order valence-corrected chi connectivity index (χ2v) is 7.18. The number of ether oxygens (including phenoxy) is 1. The molecule has 1 N–H and O–H groups in total. The molecule has 1 aromatic rings. The molecular weight excluding hydrogens is 304 g/mol. The van der Waals surface area contributed by atoms with E-state index in [2.05, 4.69) is 5.32 Å². The molecule has 5 nitrogen and oxygen atoms in total. The molecule has 5 heteroatoms. The number of hydrogen-bond donors (Lipinski definition) is 1. The van der Waals surface area contributed by atoms with Gasteiger partial charge < -0.3 is 15.0 Å². The molecule has 2 aliphatic carbocycles. The van der Waals surface area contributed by atoms with Gasteiger partial charge in [-0.15, -0.1) is 0 Å². The first-order valence-electron chi connectivity index (χ1n) is 8.98. The van der Waals surface area contributed by atoms with Gasteiger partial charge in [-0.25, -0.2) is 0 Å². The molecule has 2 amide bonds. The first kappa shape index (κ1) is 15.6. The zero-order valence-electron chi connectivity index (χ0n) is 13.9. The maximum absolute atomic E-state index is 13.1. The highest BCUT2D eigenvalue weighted by molar-refractivity contribution is 5.94. The van der Waals surface area contributed by atoms with E-state index in [4.69, 9.17) is 4.74 Å². The van der Waals surface area contributed by atoms with E-state index in [0.29, 0.717) is 26.3 Å². The summed E-state index contributed by atoms with van der Waals surface area (Å²) in [6.45, 7) is 2.65. The second kappa shape index (κ2) is 6.20. The molecule has 0 spiro atoms. The van der Waals surface area contributed by atoms with Gasteiger partial charge in [-0.1, -0.05) is 18.6 Å². The lowest BCUT2D eigenvalue weighted by Gasteiger charge is -2.44. The van der Waals surface area contributed by atoms with E-state index in [1.54, 1.807) is 0 Å². The van der Waals surface area contributed by atoms with Crippen molar-refractivity contribution in [1.82, 2.24) is 4.90 Å². The lowest BCUT2D eigenvalue weighted by Crippen LogP contribution is -2.54. The minimum Gasteiger partial charge on any atom is -0.378 e. The maximum Gasteiger partial charge on any atom is 0.233 e. The predicted octanol–water partition coefficient (Wildman–Crippen LogP) is 2.32. The Hall–Kier alpha value is -1.88. The van der Waals surface area contributed by atoms with Gasteiger partial charge in [0, 0.05) is 24.7 Å². The summed E-state index contributed by atoms with van der Waals surface area (Å²) in [4.78, 5) is 26.9. The monoisotopic (exact) mass is 328 g/mol. The van der Waals surface area contributed by atoms with E-state index in [1.807, 2.05) is 29.2 Å². The topological polar surface area (TPSA) is 58.6 Å². The highest BCUT2D eigenvalue weighted by Crippen LogP contribution is 2.45. The molecule has 3 aliphatic rings. The van der Waals surface area contributed by atoms with Gasteiger partial charge in [-0.05, 0) is 43.4 Å². The summed E-state index contributed by atoms with van der Waals surface area (Å²) in [5, 5.41) is 2.96. The Labute approximate surface area is 142 Å². The highest BCUT2D eigenvalue weighted by Gasteiger charge is 2.47. The normalized spacial score (nSPS) is 22.6. The minimum absolute atomic E-state index is 0.116. The molecule has 0 atom stereocenters. The van der Waals surface area contributed by atoms with Gasteiger partial charge in [-0.2, -0.15) is 0 Å². The average Bonchev–Trinajstić information content (AvgIpc) is 3.41. The molecule has 0 aromatic heterocycles. The van der Waals surface area contributed by atoms with Crippen molar-refractivity contribution in [3.05, 3.63) is 29.8 Å². The molecule has 4 rings (SSSR count). The maximum atomic E-state index is 13.1. The molecule has 0 unspecified atom stereocenters. The van der Waals surface area contributed by atoms with Crippen LogP contribution in [0.2, 0.25) is 0 Å². The largest absolute Gasteiger partial charge is 0.378 e. The fourth-order valence-corrected chi connectivity index (χ4v) is 3.69. The first-order chi connectivity index (χ1) is 11.7. The van der Waals surface area contributed by atoms with Gasteiger partial charge in [-0.3, -0.25) is 9.59 Å². The smallest absolute Gasteiger partial charge is 0.233 e. The standard InChI is InChI=1S/C19H24N2O3/c22-17(14-2-3-14)20-16-6-4-15(5-7-16)19(8-1-9-19)18(23)21-10-12-24-13-11-21/h4-7,14H,1-3,8-13H2,(H,20,22). The second-order valence-electron chi connectivity index (χ2n) is 7.18. The molecule has 0 radical (unpaired) electrons. The summed E-state index contributed by atoms with van der Waals surface area (Å²) in [7, 11) is 0. The minimum atomic E-state index is -0.365. The summed E-state index contributed by atoms with van der Waals surface area (Å²) in [5.41, 5.74) is 1.54. The Bertz CT molecular complexity index is 627. The Balaban J connectivity index is 1.49. The number of rotatable bonds is 4. The first-order valence-corrected chi connectivity index (χ1v) is 8.98. The van der Waals surface area contributed by atoms with Gasteiger partial charge in [0.1, 0.15) is 0 Å². The molecule has 3 fully saturated rings. The van der Waals surface area contributed by atoms with Gasteiger partial charge in [0.2, 0.25) is 11.8 Å². The SMILES string of the molecule is O=C(Nc1ccc(C2(C(=O)N3CCOCC3)CCC2)cc1)C1CC1. The third-order valence-electron chi connectivity index (χ3n) is 5.57. The summed E-state index contributed by atoms with van der Waals surface area (Å²) < 4.78 is 5.36. The van der Waals surface area contributed by atoms with E-state index in [9.17, 15) is 9.59 Å². The van der Waals surface area contributed by atoms with E-state index < -0.39 is 0 Å². The zero-order valence-corrected chi connectivity index (χ0v) is 13.9. The van der Waals surface area contributed by atoms with Crippen LogP contribution in [0.1, 0.15) is 37.7 Å². The van der Waals surface area contributed by atoms with E-state index in [-0.39, 0.29) is 23.1 Å². The van der Waals surface area contributed by atoms with E-state index in [1.165, 1.54) is 0 Å². The third kappa shape index (κ3) is 2.81. The Morgan fingerprint density at radius 2 is 1.75 bits per heavy atom. The average molecular weight is 328 g/mol. The summed E-state index contributed by atoms with van der Waals surface area (Å²) in [5.74, 6) is 0.558. The quantitative estimate of drug-likeness (QED) is 0.923. The van der Waals surface area contributed by atoms with Crippen LogP contribution in [0.3, 0.4) is 0 Å². The van der Waals surface area contributed by atoms with Crippen molar-refractivity contribution < 1.29 is 14.3 Å². The molecular formula is C19H24N2O3. The fraction of sp³-hybridized carbons (Fsp3) is 0.579. The predicted molar refractivity (Wildman–Crippen MR) is 90.7 cm³/mol. The van der Waals surface area contributed by atoms with Crippen molar-refractivity contribution in [2.45, 2.75) is 37.5 Å². The zero-order chi connectivity index (χ0) is 16.6. The van der Waals surface area contributed by atoms with Crippen molar-refractivity contribution in [2.24, 2.45) is 5.92 Å². The Morgan fingerprint density at radius 3 is 2.29 bits per heavy atom. The molecule has 1 aliphatic heterocycles. The van der Waals surface area contributed by atoms with Crippen LogP contribution in [0.25, 0.3) is 0 Å². The lowest BCUT2D eigenvalue weighted by atomic mass is 9.63. The van der Waals surface area contributed by atoms with Gasteiger partial charge in [0.05, 0.1) is 18.6 Å². The molecule has 1 aromatic carbocycles. The number of hydrogen-bond acceptors (Lipinski definition) is 3. The van der Waals surface area contributed by atoms with Crippen molar-refractivity contribution in [1.29, 1.82) is 0 Å². The van der Waals surface area contributed by atoms with Crippen molar-refractivity contribution in [3.63, 3.8) is 0 Å². The number of anilines is 1. The summed E-state index contributed by atoms with van der Waals surface area (Å²) in [6.07, 6.45) is 4.92. The molecule has 1 heterocycles. The van der Waals surface area contributed by atoms with Crippen molar-refractivity contribution in [3.8, 4) is 0 Å². The summed E-state index contributed by atoms with van der Waals surface area (Å²) >= 11 is 0. The van der Waals surface area contributed by atoms with Gasteiger partial charge >= 0.3 is 0 Å². The van der Waals surface area contributed by atoms with Gasteiger partial charge in [0.15, 0.2) is 0 Å². The van der Waals surface area contributed by atoms with Crippen LogP contribution in [0.5, 0.6) is 0 Å². The van der Waals surface area contributed by atoms with Crippen LogP contribution in [0.15, 0.2) is 24.3 Å². The fourth-order valence-electron chi connectivity index (χ4n) is 3.69. The number of nitrogens with zero attached hydrogens (tertiary/aromatic N) is 1. The van der Waals surface area contributed by atoms with E-state index in [0.717, 1.165) is 43.4 Å². The van der Waals surface area contributed by atoms with Crippen LogP contribution in [0, 0.1) is 5.92 Å². The number of amides is 2. The van der Waals surface area contributed by atoms with Crippen molar-refractivity contribution in [2.75, 3.05) is 31.6 Å². The number of benzene rings is 1. The molecule has 2 saturated carbocycles. The number of carbonyl (C=O) groups is 2. The number of morpholine rings is 1. The Kier molecular flexibility index (Phi) is 4.04. The van der Waals surface area contributed by atoms with Gasteiger partial charge in [0.25, 0.3) is 0 Å². The van der Waals surface area contributed by atoms with Crippen LogP contribution in [-0.4, -0.2) is 43.0 Å². The molecule has 24 heavy (non-hydrogen) atoms. The molecule has 0 bridgehead atoms. The third-order valence-corrected chi connectivity index (χ3v) is 5.57. The molecule has 128 valence electrons. The lowest BCUT2D eigenvalue weighted by molar-refractivity contribution is -0.145. The van der Waals surface area contributed by atoms with Crippen LogP contribution < -0.4 is 5.32 Å².